The van der Waals surface area contributed by atoms with Gasteiger partial charge in [0.05, 0.1) is 17.9 Å². The van der Waals surface area contributed by atoms with Crippen LogP contribution in [0.5, 0.6) is 0 Å². The van der Waals surface area contributed by atoms with Crippen LogP contribution in [0.25, 0.3) is 0 Å². The average molecular weight is 344 g/mol. The summed E-state index contributed by atoms with van der Waals surface area (Å²) in [5, 5.41) is 2.70. The lowest BCUT2D eigenvalue weighted by Gasteiger charge is -2.22. The Morgan fingerprint density at radius 2 is 1.84 bits per heavy atom. The van der Waals surface area contributed by atoms with Gasteiger partial charge in [0.25, 0.3) is 0 Å². The summed E-state index contributed by atoms with van der Waals surface area (Å²) in [5.41, 5.74) is 3.27. The van der Waals surface area contributed by atoms with Crippen molar-refractivity contribution in [2.24, 2.45) is 11.8 Å². The number of hydroxylamine groups is 1. The first kappa shape index (κ1) is 17.6. The first-order chi connectivity index (χ1) is 12.1. The van der Waals surface area contributed by atoms with Gasteiger partial charge < -0.3 is 5.32 Å². The van der Waals surface area contributed by atoms with Gasteiger partial charge in [-0.15, -0.1) is 0 Å². The van der Waals surface area contributed by atoms with Crippen LogP contribution in [0.2, 0.25) is 0 Å². The first-order valence-electron chi connectivity index (χ1n) is 8.96. The summed E-state index contributed by atoms with van der Waals surface area (Å²) in [6.07, 6.45) is 5.56. The molecule has 25 heavy (non-hydrogen) atoms. The van der Waals surface area contributed by atoms with Crippen molar-refractivity contribution in [2.45, 2.75) is 44.6 Å². The highest BCUT2D eigenvalue weighted by molar-refractivity contribution is 6.37. The van der Waals surface area contributed by atoms with E-state index in [9.17, 15) is 14.4 Å². The highest BCUT2D eigenvalue weighted by atomic mass is 16.7. The van der Waals surface area contributed by atoms with Crippen LogP contribution in [0.3, 0.4) is 0 Å². The summed E-state index contributed by atoms with van der Waals surface area (Å²) in [6, 6.07) is 9.52. The number of carbonyl (C=O) groups is 3. The van der Waals surface area contributed by atoms with Crippen molar-refractivity contribution < 1.29 is 19.2 Å². The number of amides is 2. The molecule has 0 aromatic heterocycles. The van der Waals surface area contributed by atoms with Crippen LogP contribution in [0, 0.1) is 11.8 Å². The smallest absolute Gasteiger partial charge is 0.311 e. The van der Waals surface area contributed by atoms with Crippen molar-refractivity contribution in [2.75, 3.05) is 6.54 Å². The van der Waals surface area contributed by atoms with E-state index < -0.39 is 23.5 Å². The Morgan fingerprint density at radius 3 is 2.56 bits per heavy atom. The summed E-state index contributed by atoms with van der Waals surface area (Å²) in [7, 11) is 0. The molecule has 6 nitrogen and oxygen atoms in total. The number of ketones is 1. The monoisotopic (exact) mass is 344 g/mol. The summed E-state index contributed by atoms with van der Waals surface area (Å²) in [6.45, 7) is 0.200. The molecule has 0 radical (unpaired) electrons. The van der Waals surface area contributed by atoms with Gasteiger partial charge in [-0.1, -0.05) is 49.6 Å². The van der Waals surface area contributed by atoms with E-state index in [1.165, 1.54) is 6.42 Å². The Balaban J connectivity index is 1.57. The molecule has 1 saturated carbocycles. The third kappa shape index (κ3) is 4.45. The minimum Gasteiger partial charge on any atom is -0.355 e. The molecule has 1 aliphatic heterocycles. The molecule has 1 unspecified atom stereocenters. The second kappa shape index (κ2) is 8.25. The van der Waals surface area contributed by atoms with Gasteiger partial charge in [0.15, 0.2) is 0 Å². The van der Waals surface area contributed by atoms with Crippen molar-refractivity contribution in [1.29, 1.82) is 0 Å². The highest BCUT2D eigenvalue weighted by Gasteiger charge is 2.41. The lowest BCUT2D eigenvalue weighted by molar-refractivity contribution is -0.152. The summed E-state index contributed by atoms with van der Waals surface area (Å²) in [4.78, 5) is 42.1. The Morgan fingerprint density at radius 1 is 1.12 bits per heavy atom. The predicted molar refractivity (Wildman–Crippen MR) is 91.2 cm³/mol. The molecule has 0 spiro atoms. The molecule has 1 aromatic carbocycles. The zero-order valence-electron chi connectivity index (χ0n) is 14.2. The average Bonchev–Trinajstić information content (AvgIpc) is 3.01. The molecular formula is C19H24N2O4. The summed E-state index contributed by atoms with van der Waals surface area (Å²) < 4.78 is 0. The van der Waals surface area contributed by atoms with Crippen LogP contribution in [-0.2, 0) is 25.6 Å². The fourth-order valence-electron chi connectivity index (χ4n) is 3.58. The van der Waals surface area contributed by atoms with Crippen LogP contribution in [-0.4, -0.2) is 30.2 Å². The molecule has 1 aromatic rings. The van der Waals surface area contributed by atoms with E-state index in [0.29, 0.717) is 6.42 Å². The molecule has 3 rings (SSSR count). The number of hydrogen-bond acceptors (Lipinski definition) is 4. The Hall–Kier alpha value is -2.21. The molecule has 2 amide bonds. The third-order valence-electron chi connectivity index (χ3n) is 5.05. The van der Waals surface area contributed by atoms with E-state index in [-0.39, 0.29) is 18.6 Å². The second-order valence-corrected chi connectivity index (χ2v) is 6.82. The molecule has 2 aliphatic rings. The minimum atomic E-state index is -0.759. The number of benzene rings is 1. The van der Waals surface area contributed by atoms with Crippen molar-refractivity contribution >= 4 is 17.6 Å². The van der Waals surface area contributed by atoms with E-state index in [1.807, 2.05) is 30.3 Å². The number of hydrogen-bond donors (Lipinski definition) is 2. The number of Topliss-reactive ketones (excluding diaryl/α,β-unsaturated/α-hetero) is 1. The molecule has 2 N–H and O–H groups in total. The van der Waals surface area contributed by atoms with Gasteiger partial charge in [-0.05, 0) is 24.8 Å². The Labute approximate surface area is 147 Å². The van der Waals surface area contributed by atoms with Crippen LogP contribution >= 0.6 is 0 Å². The van der Waals surface area contributed by atoms with Gasteiger partial charge >= 0.3 is 5.91 Å². The molecule has 1 saturated heterocycles. The van der Waals surface area contributed by atoms with Gasteiger partial charge in [0.2, 0.25) is 11.7 Å². The van der Waals surface area contributed by atoms with E-state index in [1.54, 1.807) is 0 Å². The van der Waals surface area contributed by atoms with Gasteiger partial charge in [-0.2, -0.15) is 0 Å². The number of carbonyl (C=O) groups excluding carboxylic acids is 3. The minimum absolute atomic E-state index is 0.0195. The van der Waals surface area contributed by atoms with Crippen molar-refractivity contribution in [3.05, 3.63) is 35.9 Å². The normalized spacial score (nSPS) is 23.9. The van der Waals surface area contributed by atoms with Crippen molar-refractivity contribution in [3.8, 4) is 0 Å². The van der Waals surface area contributed by atoms with Gasteiger partial charge in [-0.25, -0.2) is 5.48 Å². The van der Waals surface area contributed by atoms with Gasteiger partial charge in [0, 0.05) is 6.54 Å². The molecular weight excluding hydrogens is 320 g/mol. The molecule has 0 bridgehead atoms. The van der Waals surface area contributed by atoms with E-state index in [2.05, 4.69) is 10.8 Å². The van der Waals surface area contributed by atoms with Crippen LogP contribution in [0.15, 0.2) is 30.3 Å². The highest BCUT2D eigenvalue weighted by Crippen LogP contribution is 2.24. The largest absolute Gasteiger partial charge is 0.355 e. The van der Waals surface area contributed by atoms with Crippen molar-refractivity contribution in [1.82, 2.24) is 10.8 Å². The lowest BCUT2D eigenvalue weighted by Crippen LogP contribution is -2.40. The van der Waals surface area contributed by atoms with E-state index in [4.69, 9.17) is 4.84 Å². The Kier molecular flexibility index (Phi) is 5.81. The van der Waals surface area contributed by atoms with Gasteiger partial charge in [-0.3, -0.25) is 19.2 Å². The molecule has 6 heteroatoms. The first-order valence-corrected chi connectivity index (χ1v) is 8.96. The molecule has 2 fully saturated rings. The zero-order chi connectivity index (χ0) is 17.6. The standard InChI is InChI=1S/C19H24N2O4/c22-17(19(24)21-25-14-9-5-2-6-10-14)16-12-20-18(23)15(16)11-13-7-3-1-4-8-13/h1,3-4,7-8,14-16H,2,5-6,9-12H2,(H,20,23)(H,21,24)/t15-,16?/m1/s1. The number of nitrogens with one attached hydrogen (secondary N) is 2. The summed E-state index contributed by atoms with van der Waals surface area (Å²) in [5.74, 6) is -2.69. The van der Waals surface area contributed by atoms with Crippen molar-refractivity contribution in [3.63, 3.8) is 0 Å². The molecule has 1 aliphatic carbocycles. The summed E-state index contributed by atoms with van der Waals surface area (Å²) >= 11 is 0. The maximum Gasteiger partial charge on any atom is 0.311 e. The van der Waals surface area contributed by atoms with Crippen LogP contribution < -0.4 is 10.8 Å². The molecule has 1 heterocycles. The van der Waals surface area contributed by atoms with Crippen LogP contribution in [0.1, 0.15) is 37.7 Å². The quantitative estimate of drug-likeness (QED) is 0.606. The number of rotatable bonds is 6. The Bertz CT molecular complexity index is 626. The van der Waals surface area contributed by atoms with E-state index in [0.717, 1.165) is 31.2 Å². The van der Waals surface area contributed by atoms with Crippen LogP contribution in [0.4, 0.5) is 0 Å². The maximum absolute atomic E-state index is 12.5. The lowest BCUT2D eigenvalue weighted by atomic mass is 9.86. The fraction of sp³-hybridized carbons (Fsp3) is 0.526. The van der Waals surface area contributed by atoms with Gasteiger partial charge in [0.1, 0.15) is 0 Å². The maximum atomic E-state index is 12.5. The topological polar surface area (TPSA) is 84.5 Å². The third-order valence-corrected chi connectivity index (χ3v) is 5.05. The second-order valence-electron chi connectivity index (χ2n) is 6.82. The van der Waals surface area contributed by atoms with E-state index >= 15 is 0 Å². The fourth-order valence-corrected chi connectivity index (χ4v) is 3.58. The molecule has 2 atom stereocenters. The zero-order valence-corrected chi connectivity index (χ0v) is 14.2. The molecule has 134 valence electrons. The predicted octanol–water partition coefficient (Wildman–Crippen LogP) is 1.54. The SMILES string of the molecule is O=C(NOC1CCCCC1)C(=O)C1CNC(=O)[C@@H]1Cc1ccccc1.